The summed E-state index contributed by atoms with van der Waals surface area (Å²) in [4.78, 5) is 11.4. The van der Waals surface area contributed by atoms with Crippen molar-refractivity contribution in [3.8, 4) is 11.5 Å². The van der Waals surface area contributed by atoms with Gasteiger partial charge in [0.25, 0.3) is 0 Å². The Morgan fingerprint density at radius 1 is 1.00 bits per heavy atom. The van der Waals surface area contributed by atoms with Crippen molar-refractivity contribution in [1.82, 2.24) is 0 Å². The van der Waals surface area contributed by atoms with Gasteiger partial charge in [0.05, 0.1) is 45.5 Å². The maximum absolute atomic E-state index is 12.8. The summed E-state index contributed by atoms with van der Waals surface area (Å²) in [6.07, 6.45) is 0.149. The van der Waals surface area contributed by atoms with E-state index in [0.717, 1.165) is 0 Å². The maximum atomic E-state index is 12.8. The normalized spacial score (nSPS) is 11.3. The number of methoxy groups -OCH3 is 2. The Kier molecular flexibility index (Phi) is 9.45. The van der Waals surface area contributed by atoms with E-state index in [4.69, 9.17) is 14.6 Å². The van der Waals surface area contributed by atoms with Gasteiger partial charge in [-0.15, -0.1) is 0 Å². The largest absolute Gasteiger partial charge is 0.497 e. The lowest BCUT2D eigenvalue weighted by molar-refractivity contribution is -0.120. The van der Waals surface area contributed by atoms with Crippen LogP contribution in [0.15, 0.2) is 30.3 Å². The molecular formula is C22H29NO8S. The van der Waals surface area contributed by atoms with Crippen molar-refractivity contribution < 1.29 is 38.0 Å². The molecule has 4 N–H and O–H groups in total. The van der Waals surface area contributed by atoms with Crippen LogP contribution >= 0.6 is 0 Å². The molecular weight excluding hydrogens is 438 g/mol. The van der Waals surface area contributed by atoms with Crippen molar-refractivity contribution >= 4 is 21.3 Å². The fourth-order valence-corrected chi connectivity index (χ4v) is 4.60. The highest BCUT2D eigenvalue weighted by Crippen LogP contribution is 2.30. The van der Waals surface area contributed by atoms with Crippen LogP contribution in [0.4, 0.5) is 5.69 Å². The fraction of sp³-hybridized carbons (Fsp3) is 0.409. The van der Waals surface area contributed by atoms with E-state index in [2.05, 4.69) is 5.32 Å². The first-order chi connectivity index (χ1) is 15.3. The van der Waals surface area contributed by atoms with E-state index in [1.54, 1.807) is 30.3 Å². The van der Waals surface area contributed by atoms with E-state index >= 15 is 0 Å². The SMILES string of the molecule is COc1cc(CO)c(CCS(=O)(=O)Cc2ccc(CO)c(NCC(=O)CO)c2)c(OC)c1. The van der Waals surface area contributed by atoms with Gasteiger partial charge >= 0.3 is 0 Å². The standard InChI is InChI=1S/C22H29NO8S/c1-30-19-8-17(12-25)20(22(9-19)31-2)5-6-32(28,29)14-15-3-4-16(11-24)21(7-15)23-10-18(27)13-26/h3-4,7-9,23-26H,5-6,10-14H2,1-2H3. The zero-order chi connectivity index (χ0) is 23.7. The number of aliphatic hydroxyl groups excluding tert-OH is 3. The molecule has 176 valence electrons. The van der Waals surface area contributed by atoms with Crippen molar-refractivity contribution in [3.05, 3.63) is 52.6 Å². The van der Waals surface area contributed by atoms with Gasteiger partial charge in [0, 0.05) is 22.9 Å². The molecule has 0 aliphatic rings. The molecule has 0 amide bonds. The molecule has 2 rings (SSSR count). The fourth-order valence-electron chi connectivity index (χ4n) is 3.25. The minimum absolute atomic E-state index is 0.138. The Bertz CT molecular complexity index is 1010. The van der Waals surface area contributed by atoms with Gasteiger partial charge in [0.15, 0.2) is 15.6 Å². The highest BCUT2D eigenvalue weighted by molar-refractivity contribution is 7.90. The first kappa shape index (κ1) is 25.6. The third kappa shape index (κ3) is 6.92. The second-order valence-corrected chi connectivity index (χ2v) is 9.35. The van der Waals surface area contributed by atoms with Crippen molar-refractivity contribution in [2.45, 2.75) is 25.4 Å². The molecule has 2 aromatic rings. The molecule has 0 atom stereocenters. The number of sulfone groups is 1. The van der Waals surface area contributed by atoms with Crippen LogP contribution in [0.2, 0.25) is 0 Å². The smallest absolute Gasteiger partial charge is 0.177 e. The summed E-state index contributed by atoms with van der Waals surface area (Å²) in [6.45, 7) is -1.32. The van der Waals surface area contributed by atoms with Gasteiger partial charge in [0.1, 0.15) is 18.1 Å². The molecule has 0 saturated carbocycles. The quantitative estimate of drug-likeness (QED) is 0.337. The Morgan fingerprint density at radius 2 is 1.72 bits per heavy atom. The molecule has 9 nitrogen and oxygen atoms in total. The highest BCUT2D eigenvalue weighted by Gasteiger charge is 2.18. The maximum Gasteiger partial charge on any atom is 0.177 e. The van der Waals surface area contributed by atoms with Crippen molar-refractivity contribution in [3.63, 3.8) is 0 Å². The predicted molar refractivity (Wildman–Crippen MR) is 120 cm³/mol. The molecule has 0 heterocycles. The van der Waals surface area contributed by atoms with Gasteiger partial charge in [0.2, 0.25) is 0 Å². The van der Waals surface area contributed by atoms with Gasteiger partial charge in [-0.1, -0.05) is 12.1 Å². The van der Waals surface area contributed by atoms with Crippen LogP contribution in [0.5, 0.6) is 11.5 Å². The lowest BCUT2D eigenvalue weighted by atomic mass is 10.0. The molecule has 0 radical (unpaired) electrons. The molecule has 0 fully saturated rings. The molecule has 0 aliphatic carbocycles. The number of rotatable bonds is 13. The van der Waals surface area contributed by atoms with E-state index in [9.17, 15) is 23.4 Å². The van der Waals surface area contributed by atoms with Crippen LogP contribution in [0.25, 0.3) is 0 Å². The Hall–Kier alpha value is -2.66. The minimum atomic E-state index is -3.54. The number of carbonyl (C=O) groups is 1. The summed E-state index contributed by atoms with van der Waals surface area (Å²) in [5.41, 5.74) is 2.56. The first-order valence-electron chi connectivity index (χ1n) is 9.91. The molecule has 0 bridgehead atoms. The third-order valence-electron chi connectivity index (χ3n) is 4.95. The van der Waals surface area contributed by atoms with E-state index in [-0.39, 0.29) is 37.7 Å². The number of benzene rings is 2. The Morgan fingerprint density at radius 3 is 2.31 bits per heavy atom. The van der Waals surface area contributed by atoms with Crippen molar-refractivity contribution in [2.24, 2.45) is 0 Å². The second-order valence-electron chi connectivity index (χ2n) is 7.17. The molecule has 0 saturated heterocycles. The van der Waals surface area contributed by atoms with E-state index in [1.807, 2.05) is 0 Å². The number of Topliss-reactive ketones (excluding diaryl/α,β-unsaturated/α-hetero) is 1. The van der Waals surface area contributed by atoms with Crippen LogP contribution in [0.3, 0.4) is 0 Å². The van der Waals surface area contributed by atoms with Crippen molar-refractivity contribution in [1.29, 1.82) is 0 Å². The summed E-state index contributed by atoms with van der Waals surface area (Å²) in [6, 6.07) is 8.05. The number of aliphatic hydroxyl groups is 3. The molecule has 10 heteroatoms. The average Bonchev–Trinajstić information content (AvgIpc) is 2.80. The lowest BCUT2D eigenvalue weighted by Crippen LogP contribution is -2.18. The number of ketones is 1. The number of hydrogen-bond acceptors (Lipinski definition) is 9. The zero-order valence-corrected chi connectivity index (χ0v) is 18.9. The number of carbonyl (C=O) groups excluding carboxylic acids is 1. The van der Waals surface area contributed by atoms with Crippen LogP contribution in [0, 0.1) is 0 Å². The van der Waals surface area contributed by atoms with Gasteiger partial charge in [-0.05, 0) is 29.7 Å². The molecule has 0 aliphatic heterocycles. The van der Waals surface area contributed by atoms with Crippen LogP contribution < -0.4 is 14.8 Å². The topological polar surface area (TPSA) is 142 Å². The Balaban J connectivity index is 2.18. The summed E-state index contributed by atoms with van der Waals surface area (Å²) >= 11 is 0. The molecule has 0 aromatic heterocycles. The molecule has 0 unspecified atom stereocenters. The van der Waals surface area contributed by atoms with Crippen LogP contribution in [0.1, 0.15) is 22.3 Å². The zero-order valence-electron chi connectivity index (χ0n) is 18.1. The number of nitrogens with one attached hydrogen (secondary N) is 1. The van der Waals surface area contributed by atoms with Gasteiger partial charge in [-0.3, -0.25) is 4.79 Å². The monoisotopic (exact) mass is 467 g/mol. The number of ether oxygens (including phenoxy) is 2. The number of hydrogen-bond donors (Lipinski definition) is 4. The molecule has 0 spiro atoms. The number of anilines is 1. The summed E-state index contributed by atoms with van der Waals surface area (Å²) in [5.74, 6) is 0.0990. The van der Waals surface area contributed by atoms with E-state index in [0.29, 0.717) is 39.4 Å². The predicted octanol–water partition coefficient (Wildman–Crippen LogP) is 0.819. The molecule has 32 heavy (non-hydrogen) atoms. The molecule has 2 aromatic carbocycles. The minimum Gasteiger partial charge on any atom is -0.497 e. The first-order valence-corrected chi connectivity index (χ1v) is 11.7. The second kappa shape index (κ2) is 11.8. The van der Waals surface area contributed by atoms with Gasteiger partial charge in [-0.25, -0.2) is 8.42 Å². The summed E-state index contributed by atoms with van der Waals surface area (Å²) in [5, 5.41) is 30.8. The summed E-state index contributed by atoms with van der Waals surface area (Å²) in [7, 11) is -0.580. The van der Waals surface area contributed by atoms with Gasteiger partial charge < -0.3 is 30.1 Å². The summed E-state index contributed by atoms with van der Waals surface area (Å²) < 4.78 is 36.1. The third-order valence-corrected chi connectivity index (χ3v) is 6.55. The van der Waals surface area contributed by atoms with Crippen LogP contribution in [-0.4, -0.2) is 62.6 Å². The van der Waals surface area contributed by atoms with E-state index < -0.39 is 22.2 Å². The lowest BCUT2D eigenvalue weighted by Gasteiger charge is -2.15. The highest BCUT2D eigenvalue weighted by atomic mass is 32.2. The van der Waals surface area contributed by atoms with Crippen LogP contribution in [-0.2, 0) is 40.0 Å². The van der Waals surface area contributed by atoms with Gasteiger partial charge in [-0.2, -0.15) is 0 Å². The van der Waals surface area contributed by atoms with E-state index in [1.165, 1.54) is 14.2 Å². The Labute approximate surface area is 187 Å². The van der Waals surface area contributed by atoms with Crippen molar-refractivity contribution in [2.75, 3.05) is 38.4 Å². The average molecular weight is 468 g/mol.